The van der Waals surface area contributed by atoms with Gasteiger partial charge in [-0.2, -0.15) is 0 Å². The van der Waals surface area contributed by atoms with Crippen LogP contribution in [0.4, 0.5) is 11.4 Å². The van der Waals surface area contributed by atoms with Gasteiger partial charge in [0.2, 0.25) is 0 Å². The quantitative estimate of drug-likeness (QED) is 0.151. The van der Waals surface area contributed by atoms with Crippen molar-refractivity contribution in [2.75, 3.05) is 11.5 Å². The third kappa shape index (κ3) is 7.34. The van der Waals surface area contributed by atoms with Gasteiger partial charge in [0.25, 0.3) is 5.79 Å². The second-order valence-corrected chi connectivity index (χ2v) is 8.90. The van der Waals surface area contributed by atoms with Crippen LogP contribution in [0, 0.1) is 0 Å². The molecule has 0 aliphatic rings. The summed E-state index contributed by atoms with van der Waals surface area (Å²) in [6.07, 6.45) is 3.32. The molecule has 6 heteroatoms. The van der Waals surface area contributed by atoms with E-state index in [4.69, 9.17) is 30.4 Å². The highest BCUT2D eigenvalue weighted by Crippen LogP contribution is 2.33. The van der Waals surface area contributed by atoms with E-state index in [2.05, 4.69) is 13.8 Å². The fourth-order valence-corrected chi connectivity index (χ4v) is 4.04. The highest BCUT2D eigenvalue weighted by Gasteiger charge is 2.33. The molecule has 0 saturated heterocycles. The summed E-state index contributed by atoms with van der Waals surface area (Å²) >= 11 is 0. The lowest BCUT2D eigenvalue weighted by molar-refractivity contribution is -0.126. The van der Waals surface area contributed by atoms with Crippen molar-refractivity contribution >= 4 is 11.4 Å². The SMILES string of the molecule is CCCC(CCC)(Oc1ccc(Oc2ccc(N)cc2)cc1)Oc1ccc(Oc2ccc(N)cc2)cc1. The van der Waals surface area contributed by atoms with Gasteiger partial charge in [0.1, 0.15) is 34.5 Å². The number of rotatable bonds is 12. The second kappa shape index (κ2) is 12.1. The van der Waals surface area contributed by atoms with Crippen LogP contribution in [0.2, 0.25) is 0 Å². The number of hydrogen-bond acceptors (Lipinski definition) is 6. The van der Waals surface area contributed by atoms with Gasteiger partial charge in [-0.25, -0.2) is 0 Å². The van der Waals surface area contributed by atoms with Crippen LogP contribution in [-0.4, -0.2) is 5.79 Å². The fourth-order valence-electron chi connectivity index (χ4n) is 4.04. The van der Waals surface area contributed by atoms with Crippen molar-refractivity contribution < 1.29 is 18.9 Å². The van der Waals surface area contributed by atoms with Gasteiger partial charge in [0, 0.05) is 24.2 Å². The van der Waals surface area contributed by atoms with E-state index in [-0.39, 0.29) is 0 Å². The average Bonchev–Trinajstić information content (AvgIpc) is 2.89. The predicted octanol–water partition coefficient (Wildman–Crippen LogP) is 8.19. The molecule has 0 aliphatic heterocycles. The largest absolute Gasteiger partial charge is 0.457 e. The van der Waals surface area contributed by atoms with Gasteiger partial charge in [-0.15, -0.1) is 0 Å². The molecule has 0 aliphatic carbocycles. The molecule has 0 radical (unpaired) electrons. The van der Waals surface area contributed by atoms with Crippen molar-refractivity contribution in [2.24, 2.45) is 0 Å². The molecule has 0 atom stereocenters. The third-order valence-electron chi connectivity index (χ3n) is 5.75. The van der Waals surface area contributed by atoms with E-state index in [9.17, 15) is 0 Å². The van der Waals surface area contributed by atoms with Crippen LogP contribution in [0.5, 0.6) is 34.5 Å². The number of ether oxygens (including phenoxy) is 4. The monoisotopic (exact) mass is 498 g/mol. The van der Waals surface area contributed by atoms with E-state index in [1.54, 1.807) is 0 Å². The number of nitrogens with two attached hydrogens (primary N) is 2. The van der Waals surface area contributed by atoms with Gasteiger partial charge >= 0.3 is 0 Å². The summed E-state index contributed by atoms with van der Waals surface area (Å²) in [4.78, 5) is 0. The molecule has 6 nitrogen and oxygen atoms in total. The lowest BCUT2D eigenvalue weighted by Gasteiger charge is -2.34. The zero-order chi connectivity index (χ0) is 26.1. The Labute approximate surface area is 218 Å². The zero-order valence-electron chi connectivity index (χ0n) is 21.4. The summed E-state index contributed by atoms with van der Waals surface area (Å²) in [6, 6.07) is 29.8. The van der Waals surface area contributed by atoms with Crippen LogP contribution in [0.1, 0.15) is 39.5 Å². The number of benzene rings is 4. The van der Waals surface area contributed by atoms with Crippen molar-refractivity contribution in [3.05, 3.63) is 97.1 Å². The molecule has 0 saturated carbocycles. The fraction of sp³-hybridized carbons (Fsp3) is 0.226. The Balaban J connectivity index is 1.45. The molecule has 0 heterocycles. The number of hydrogen-bond donors (Lipinski definition) is 2. The minimum absolute atomic E-state index is 0.697. The molecular formula is C31H34N2O4. The molecule has 4 aromatic rings. The highest BCUT2D eigenvalue weighted by molar-refractivity contribution is 5.44. The van der Waals surface area contributed by atoms with Crippen molar-refractivity contribution in [3.8, 4) is 34.5 Å². The van der Waals surface area contributed by atoms with Gasteiger partial charge in [0.05, 0.1) is 0 Å². The lowest BCUT2D eigenvalue weighted by atomic mass is 10.0. The molecule has 192 valence electrons. The molecule has 0 amide bonds. The normalized spacial score (nSPS) is 11.1. The molecule has 0 fully saturated rings. The van der Waals surface area contributed by atoms with Crippen molar-refractivity contribution in [1.82, 2.24) is 0 Å². The Morgan fingerprint density at radius 3 is 1.03 bits per heavy atom. The summed E-state index contributed by atoms with van der Waals surface area (Å²) in [7, 11) is 0. The molecular weight excluding hydrogens is 464 g/mol. The maximum Gasteiger partial charge on any atom is 0.251 e. The van der Waals surface area contributed by atoms with Crippen LogP contribution >= 0.6 is 0 Å². The molecule has 0 bridgehead atoms. The molecule has 0 aromatic heterocycles. The average molecular weight is 499 g/mol. The summed E-state index contributed by atoms with van der Waals surface area (Å²) in [5.74, 6) is 3.52. The standard InChI is InChI=1S/C31H34N2O4/c1-3-21-31(22-4-2,36-29-17-13-27(14-18-29)34-25-9-5-23(32)6-10-25)37-30-19-15-28(16-20-30)35-26-11-7-24(33)8-12-26/h5-20H,3-4,21-22,32-33H2,1-2H3. The first kappa shape index (κ1) is 25.8. The first-order valence-electron chi connectivity index (χ1n) is 12.6. The lowest BCUT2D eigenvalue weighted by Crippen LogP contribution is -2.42. The van der Waals surface area contributed by atoms with Gasteiger partial charge in [-0.05, 0) is 110 Å². The Morgan fingerprint density at radius 2 is 0.730 bits per heavy atom. The Bertz CT molecular complexity index is 1140. The van der Waals surface area contributed by atoms with E-state index < -0.39 is 5.79 Å². The Morgan fingerprint density at radius 1 is 0.459 bits per heavy atom. The first-order chi connectivity index (χ1) is 18.0. The topological polar surface area (TPSA) is 89.0 Å². The molecule has 0 spiro atoms. The van der Waals surface area contributed by atoms with Crippen LogP contribution in [0.15, 0.2) is 97.1 Å². The maximum atomic E-state index is 6.51. The summed E-state index contributed by atoms with van der Waals surface area (Å²) in [6.45, 7) is 4.26. The smallest absolute Gasteiger partial charge is 0.251 e. The minimum Gasteiger partial charge on any atom is -0.457 e. The zero-order valence-corrected chi connectivity index (χ0v) is 21.4. The van der Waals surface area contributed by atoms with E-state index >= 15 is 0 Å². The van der Waals surface area contributed by atoms with Gasteiger partial charge < -0.3 is 30.4 Å². The Kier molecular flexibility index (Phi) is 8.41. The molecule has 4 N–H and O–H groups in total. The summed E-state index contributed by atoms with van der Waals surface area (Å²) < 4.78 is 24.8. The predicted molar refractivity (Wildman–Crippen MR) is 149 cm³/mol. The molecule has 37 heavy (non-hydrogen) atoms. The number of nitrogen functional groups attached to an aromatic ring is 2. The van der Waals surface area contributed by atoms with E-state index in [0.29, 0.717) is 22.9 Å². The second-order valence-electron chi connectivity index (χ2n) is 8.90. The van der Waals surface area contributed by atoms with Gasteiger partial charge in [0.15, 0.2) is 0 Å². The minimum atomic E-state index is -0.790. The van der Waals surface area contributed by atoms with Crippen LogP contribution in [0.3, 0.4) is 0 Å². The van der Waals surface area contributed by atoms with E-state index in [0.717, 1.165) is 48.7 Å². The maximum absolute atomic E-state index is 6.51. The first-order valence-corrected chi connectivity index (χ1v) is 12.6. The Hall–Kier alpha value is -4.32. The van der Waals surface area contributed by atoms with E-state index in [1.165, 1.54) is 0 Å². The van der Waals surface area contributed by atoms with Crippen LogP contribution in [-0.2, 0) is 0 Å². The molecule has 4 aromatic carbocycles. The van der Waals surface area contributed by atoms with Crippen molar-refractivity contribution in [2.45, 2.75) is 45.3 Å². The van der Waals surface area contributed by atoms with Crippen LogP contribution in [0.25, 0.3) is 0 Å². The summed E-state index contributed by atoms with van der Waals surface area (Å²) in [5.41, 5.74) is 12.9. The number of anilines is 2. The van der Waals surface area contributed by atoms with E-state index in [1.807, 2.05) is 97.1 Å². The van der Waals surface area contributed by atoms with Gasteiger partial charge in [-0.3, -0.25) is 0 Å². The highest BCUT2D eigenvalue weighted by atomic mass is 16.7. The van der Waals surface area contributed by atoms with Gasteiger partial charge in [-0.1, -0.05) is 13.8 Å². The van der Waals surface area contributed by atoms with Crippen LogP contribution < -0.4 is 30.4 Å². The van der Waals surface area contributed by atoms with Crippen molar-refractivity contribution in [3.63, 3.8) is 0 Å². The van der Waals surface area contributed by atoms with Crippen molar-refractivity contribution in [1.29, 1.82) is 0 Å². The molecule has 0 unspecified atom stereocenters. The third-order valence-corrected chi connectivity index (χ3v) is 5.75. The molecule has 4 rings (SSSR count). The summed E-state index contributed by atoms with van der Waals surface area (Å²) in [5, 5.41) is 0.